The van der Waals surface area contributed by atoms with Crippen LogP contribution in [0.4, 0.5) is 17.1 Å². The zero-order valence-electron chi connectivity index (χ0n) is 23.5. The predicted molar refractivity (Wildman–Crippen MR) is 192 cm³/mol. The summed E-state index contributed by atoms with van der Waals surface area (Å²) in [6, 6.07) is 50.6. The SMILES string of the molecule is c1ccc2c(c1)ccc1oc3ccc(N(c4ccc5c(c4)sc4ccccc45)c4ccc5c(c4)sc4ccccc45)cc3c12. The number of benzene rings is 7. The van der Waals surface area contributed by atoms with Gasteiger partial charge in [-0.15, -0.1) is 22.7 Å². The number of anilines is 3. The van der Waals surface area contributed by atoms with Crippen LogP contribution in [0, 0.1) is 0 Å². The summed E-state index contributed by atoms with van der Waals surface area (Å²) in [5.41, 5.74) is 5.21. The van der Waals surface area contributed by atoms with Crippen molar-refractivity contribution < 1.29 is 4.42 Å². The second kappa shape index (κ2) is 9.17. The Morgan fingerprint density at radius 3 is 1.59 bits per heavy atom. The van der Waals surface area contributed by atoms with Gasteiger partial charge < -0.3 is 9.32 Å². The van der Waals surface area contributed by atoms with Crippen LogP contribution in [0.5, 0.6) is 0 Å². The second-order valence-electron chi connectivity index (χ2n) is 11.3. The highest BCUT2D eigenvalue weighted by molar-refractivity contribution is 7.26. The van der Waals surface area contributed by atoms with Crippen molar-refractivity contribution in [3.05, 3.63) is 140 Å². The van der Waals surface area contributed by atoms with E-state index in [1.54, 1.807) is 0 Å². The van der Waals surface area contributed by atoms with E-state index in [4.69, 9.17) is 4.42 Å². The molecule has 0 atom stereocenters. The Bertz CT molecular complexity index is 2630. The van der Waals surface area contributed by atoms with Gasteiger partial charge in [0.2, 0.25) is 0 Å². The van der Waals surface area contributed by atoms with Crippen molar-refractivity contribution in [2.45, 2.75) is 0 Å². The third kappa shape index (κ3) is 3.53. The Morgan fingerprint density at radius 2 is 0.909 bits per heavy atom. The van der Waals surface area contributed by atoms with Crippen LogP contribution in [-0.2, 0) is 0 Å². The maximum atomic E-state index is 6.37. The fourth-order valence-corrected chi connectivity index (χ4v) is 9.11. The van der Waals surface area contributed by atoms with Gasteiger partial charge in [-0.05, 0) is 71.4 Å². The van der Waals surface area contributed by atoms with Gasteiger partial charge >= 0.3 is 0 Å². The van der Waals surface area contributed by atoms with Crippen LogP contribution in [-0.4, -0.2) is 0 Å². The van der Waals surface area contributed by atoms with Gasteiger partial charge in [-0.25, -0.2) is 0 Å². The first-order valence-electron chi connectivity index (χ1n) is 14.8. The van der Waals surface area contributed by atoms with Crippen LogP contribution >= 0.6 is 22.7 Å². The molecular weight excluding hydrogens is 575 g/mol. The number of thiophene rings is 2. The zero-order chi connectivity index (χ0) is 28.8. The number of rotatable bonds is 3. The van der Waals surface area contributed by atoms with E-state index in [0.29, 0.717) is 0 Å². The summed E-state index contributed by atoms with van der Waals surface area (Å²) in [7, 11) is 0. The van der Waals surface area contributed by atoms with Crippen LogP contribution in [0.2, 0.25) is 0 Å². The van der Waals surface area contributed by atoms with Crippen LogP contribution in [0.3, 0.4) is 0 Å². The highest BCUT2D eigenvalue weighted by Crippen LogP contribution is 2.45. The zero-order valence-corrected chi connectivity index (χ0v) is 25.1. The summed E-state index contributed by atoms with van der Waals surface area (Å²) in [5.74, 6) is 0. The van der Waals surface area contributed by atoms with Crippen molar-refractivity contribution in [3.63, 3.8) is 0 Å². The van der Waals surface area contributed by atoms with Crippen LogP contribution in [0.25, 0.3) is 73.1 Å². The minimum atomic E-state index is 0.903. The van der Waals surface area contributed by atoms with E-state index < -0.39 is 0 Å². The Labute approximate surface area is 260 Å². The first-order valence-corrected chi connectivity index (χ1v) is 16.4. The van der Waals surface area contributed by atoms with E-state index in [2.05, 4.69) is 144 Å². The van der Waals surface area contributed by atoms with Crippen molar-refractivity contribution in [3.8, 4) is 0 Å². The minimum Gasteiger partial charge on any atom is -0.456 e. The minimum absolute atomic E-state index is 0.903. The number of fused-ring (bicyclic) bond motifs is 11. The van der Waals surface area contributed by atoms with E-state index in [0.717, 1.165) is 33.6 Å². The van der Waals surface area contributed by atoms with Crippen LogP contribution < -0.4 is 4.90 Å². The highest BCUT2D eigenvalue weighted by atomic mass is 32.1. The van der Waals surface area contributed by atoms with Crippen molar-refractivity contribution in [1.82, 2.24) is 0 Å². The van der Waals surface area contributed by atoms with Gasteiger partial charge in [-0.3, -0.25) is 0 Å². The molecule has 0 bridgehead atoms. The second-order valence-corrected chi connectivity index (χ2v) is 13.5. The number of hydrogen-bond donors (Lipinski definition) is 0. The molecule has 0 saturated carbocycles. The average Bonchev–Trinajstić information content (AvgIpc) is 3.75. The molecule has 10 rings (SSSR count). The van der Waals surface area contributed by atoms with Gasteiger partial charge in [0.1, 0.15) is 11.2 Å². The monoisotopic (exact) mass is 597 g/mol. The van der Waals surface area contributed by atoms with Gasteiger partial charge in [-0.2, -0.15) is 0 Å². The molecule has 206 valence electrons. The molecule has 3 heterocycles. The topological polar surface area (TPSA) is 16.4 Å². The highest BCUT2D eigenvalue weighted by Gasteiger charge is 2.19. The largest absolute Gasteiger partial charge is 0.456 e. The summed E-state index contributed by atoms with van der Waals surface area (Å²) in [4.78, 5) is 2.40. The number of furan rings is 1. The van der Waals surface area contributed by atoms with Crippen molar-refractivity contribution in [2.75, 3.05) is 4.90 Å². The molecule has 0 aliphatic carbocycles. The normalized spacial score (nSPS) is 12.1. The molecule has 2 nitrogen and oxygen atoms in total. The van der Waals surface area contributed by atoms with Crippen molar-refractivity contribution >= 4 is 113 Å². The number of hydrogen-bond acceptors (Lipinski definition) is 4. The molecule has 4 heteroatoms. The Balaban J connectivity index is 1.24. The summed E-state index contributed by atoms with van der Waals surface area (Å²) in [5, 5.41) is 9.96. The Morgan fingerprint density at radius 1 is 0.386 bits per heavy atom. The van der Waals surface area contributed by atoms with E-state index in [1.165, 1.54) is 56.5 Å². The van der Waals surface area contributed by atoms with Crippen LogP contribution in [0.1, 0.15) is 0 Å². The van der Waals surface area contributed by atoms with E-state index in [9.17, 15) is 0 Å². The molecule has 0 saturated heterocycles. The average molecular weight is 598 g/mol. The Kier molecular flexibility index (Phi) is 5.06. The predicted octanol–water partition coefficient (Wildman–Crippen LogP) is 12.9. The van der Waals surface area contributed by atoms with Gasteiger partial charge in [0.25, 0.3) is 0 Å². The molecule has 0 fully saturated rings. The number of nitrogens with zero attached hydrogens (tertiary/aromatic N) is 1. The molecule has 0 radical (unpaired) electrons. The van der Waals surface area contributed by atoms with Crippen molar-refractivity contribution in [2.24, 2.45) is 0 Å². The molecule has 7 aromatic carbocycles. The summed E-state index contributed by atoms with van der Waals surface area (Å²) in [6.07, 6.45) is 0. The summed E-state index contributed by atoms with van der Waals surface area (Å²) in [6.45, 7) is 0. The molecule has 3 aromatic heterocycles. The third-order valence-corrected chi connectivity index (χ3v) is 11.1. The standard InChI is InChI=1S/C40H23NOS2/c1-2-8-28-24(7-1)13-19-35-40(28)33-21-25(16-20-34(33)42-35)41(26-14-17-31-29-9-3-5-11-36(29)43-38(31)22-26)27-15-18-32-30-10-4-6-12-37(30)44-39(32)23-27/h1-23H. The smallest absolute Gasteiger partial charge is 0.136 e. The Hall–Kier alpha value is -5.16. The van der Waals surface area contributed by atoms with Gasteiger partial charge in [0.15, 0.2) is 0 Å². The molecule has 0 amide bonds. The lowest BCUT2D eigenvalue weighted by Crippen LogP contribution is -2.09. The molecule has 44 heavy (non-hydrogen) atoms. The molecule has 0 aliphatic rings. The summed E-state index contributed by atoms with van der Waals surface area (Å²) < 4.78 is 11.6. The molecule has 0 aliphatic heterocycles. The fraction of sp³-hybridized carbons (Fsp3) is 0. The fourth-order valence-electron chi connectivity index (χ4n) is 6.83. The maximum Gasteiger partial charge on any atom is 0.136 e. The lowest BCUT2D eigenvalue weighted by molar-refractivity contribution is 0.669. The lowest BCUT2D eigenvalue weighted by Gasteiger charge is -2.26. The van der Waals surface area contributed by atoms with E-state index in [1.807, 2.05) is 22.7 Å². The van der Waals surface area contributed by atoms with Gasteiger partial charge in [0.05, 0.1) is 0 Å². The summed E-state index contributed by atoms with van der Waals surface area (Å²) >= 11 is 3.71. The van der Waals surface area contributed by atoms with Crippen molar-refractivity contribution in [1.29, 1.82) is 0 Å². The van der Waals surface area contributed by atoms with E-state index >= 15 is 0 Å². The van der Waals surface area contributed by atoms with Crippen LogP contribution in [0.15, 0.2) is 144 Å². The molecule has 0 spiro atoms. The maximum absolute atomic E-state index is 6.37. The third-order valence-electron chi connectivity index (χ3n) is 8.84. The molecule has 0 N–H and O–H groups in total. The van der Waals surface area contributed by atoms with Gasteiger partial charge in [-0.1, -0.05) is 78.9 Å². The lowest BCUT2D eigenvalue weighted by atomic mass is 10.0. The van der Waals surface area contributed by atoms with Gasteiger partial charge in [0, 0.05) is 68.2 Å². The molecule has 10 aromatic rings. The molecule has 0 unspecified atom stereocenters. The quantitative estimate of drug-likeness (QED) is 0.201. The first kappa shape index (κ1) is 24.3. The van der Waals surface area contributed by atoms with E-state index in [-0.39, 0.29) is 0 Å². The molecular formula is C40H23NOS2. The first-order chi connectivity index (χ1) is 21.8.